The number of nitrogens with one attached hydrogen (secondary N) is 2. The third-order valence-corrected chi connectivity index (χ3v) is 6.82. The van der Waals surface area contributed by atoms with Crippen LogP contribution in [0, 0.1) is 18.3 Å². The Morgan fingerprint density at radius 3 is 2.39 bits per heavy atom. The maximum Gasteiger partial charge on any atom is 0.327 e. The molecule has 0 aromatic heterocycles. The average molecular weight is 492 g/mol. The van der Waals surface area contributed by atoms with Crippen LogP contribution in [0.3, 0.4) is 0 Å². The number of aryl methyl sites for hydroxylation is 1. The van der Waals surface area contributed by atoms with Gasteiger partial charge in [-0.3, -0.25) is 19.3 Å². The van der Waals surface area contributed by atoms with Crippen LogP contribution in [-0.4, -0.2) is 40.8 Å². The minimum absolute atomic E-state index is 0.121. The highest BCUT2D eigenvalue weighted by Gasteiger charge is 2.56. The fourth-order valence-electron chi connectivity index (χ4n) is 5.69. The van der Waals surface area contributed by atoms with Crippen molar-refractivity contribution in [3.63, 3.8) is 0 Å². The summed E-state index contributed by atoms with van der Waals surface area (Å²) >= 11 is 0. The van der Waals surface area contributed by atoms with E-state index in [-0.39, 0.29) is 11.3 Å². The number of rotatable bonds is 6. The number of urea groups is 1. The van der Waals surface area contributed by atoms with Gasteiger partial charge in [0.2, 0.25) is 6.10 Å². The van der Waals surface area contributed by atoms with Crippen molar-refractivity contribution in [2.45, 2.75) is 58.6 Å². The summed E-state index contributed by atoms with van der Waals surface area (Å²) in [7, 11) is 0. The van der Waals surface area contributed by atoms with Gasteiger partial charge in [0.05, 0.1) is 0 Å². The Balaban J connectivity index is 1.49. The topological polar surface area (TPSA) is 105 Å². The highest BCUT2D eigenvalue weighted by molar-refractivity contribution is 6.09. The summed E-state index contributed by atoms with van der Waals surface area (Å²) in [5.41, 5.74) is 0.949. The number of anilines is 1. The zero-order valence-electron chi connectivity index (χ0n) is 21.2. The smallest absolute Gasteiger partial charge is 0.327 e. The molecule has 2 N–H and O–H groups in total. The number of nitrogens with zero attached hydrogens (tertiary/aromatic N) is 1. The van der Waals surface area contributed by atoms with Crippen molar-refractivity contribution < 1.29 is 23.9 Å². The van der Waals surface area contributed by atoms with Crippen LogP contribution in [0.5, 0.6) is 0 Å². The van der Waals surface area contributed by atoms with Crippen LogP contribution in [0.25, 0.3) is 0 Å². The molecule has 4 rings (SSSR count). The largest absolute Gasteiger partial charge is 0.446 e. The van der Waals surface area contributed by atoms with E-state index < -0.39 is 42.0 Å². The first-order chi connectivity index (χ1) is 17.0. The van der Waals surface area contributed by atoms with Gasteiger partial charge in [0.25, 0.3) is 11.8 Å². The molecule has 2 aromatic rings. The van der Waals surface area contributed by atoms with Gasteiger partial charge >= 0.3 is 12.0 Å². The van der Waals surface area contributed by atoms with E-state index in [0.717, 1.165) is 16.9 Å². The van der Waals surface area contributed by atoms with Crippen LogP contribution >= 0.6 is 0 Å². The molecule has 2 aromatic carbocycles. The quantitative estimate of drug-likeness (QED) is 0.462. The first kappa shape index (κ1) is 25.4. The van der Waals surface area contributed by atoms with E-state index in [2.05, 4.69) is 31.4 Å². The van der Waals surface area contributed by atoms with E-state index in [0.29, 0.717) is 24.1 Å². The first-order valence-electron chi connectivity index (χ1n) is 12.2. The second kappa shape index (κ2) is 9.76. The number of esters is 1. The Hall–Kier alpha value is -3.68. The van der Waals surface area contributed by atoms with E-state index in [1.165, 1.54) is 0 Å². The molecule has 3 unspecified atom stereocenters. The van der Waals surface area contributed by atoms with Crippen molar-refractivity contribution in [1.29, 1.82) is 0 Å². The predicted molar refractivity (Wildman–Crippen MR) is 135 cm³/mol. The van der Waals surface area contributed by atoms with Gasteiger partial charge in [0.1, 0.15) is 12.1 Å². The Labute approximate surface area is 211 Å². The average Bonchev–Trinajstić information content (AvgIpc) is 3.01. The number of amides is 4. The van der Waals surface area contributed by atoms with E-state index >= 15 is 0 Å². The second-order valence-electron chi connectivity index (χ2n) is 10.9. The third-order valence-electron chi connectivity index (χ3n) is 6.82. The summed E-state index contributed by atoms with van der Waals surface area (Å²) in [5, 5.41) is 5.62. The fraction of sp³-hybridized carbons (Fsp3) is 0.429. The van der Waals surface area contributed by atoms with Gasteiger partial charge in [-0.05, 0) is 49.7 Å². The molecule has 1 aliphatic carbocycles. The molecule has 1 saturated carbocycles. The molecule has 1 aliphatic heterocycles. The van der Waals surface area contributed by atoms with Crippen LogP contribution in [0.2, 0.25) is 0 Å². The number of benzene rings is 2. The van der Waals surface area contributed by atoms with Gasteiger partial charge < -0.3 is 15.4 Å². The number of ether oxygens (including phenoxy) is 1. The second-order valence-corrected chi connectivity index (χ2v) is 10.9. The van der Waals surface area contributed by atoms with Gasteiger partial charge in [-0.15, -0.1) is 0 Å². The Morgan fingerprint density at radius 1 is 1.08 bits per heavy atom. The first-order valence-corrected chi connectivity index (χ1v) is 12.2. The zero-order valence-corrected chi connectivity index (χ0v) is 21.2. The summed E-state index contributed by atoms with van der Waals surface area (Å²) < 4.78 is 5.57. The lowest BCUT2D eigenvalue weighted by Crippen LogP contribution is -2.54. The molecule has 1 saturated heterocycles. The van der Waals surface area contributed by atoms with Crippen molar-refractivity contribution in [1.82, 2.24) is 10.2 Å². The van der Waals surface area contributed by atoms with Crippen molar-refractivity contribution in [3.05, 3.63) is 65.7 Å². The highest BCUT2D eigenvalue weighted by atomic mass is 16.5. The number of hydrogen-bond donors (Lipinski definition) is 2. The molecule has 8 heteroatoms. The molecule has 190 valence electrons. The molecule has 1 heterocycles. The maximum atomic E-state index is 13.4. The van der Waals surface area contributed by atoms with Crippen LogP contribution in [-0.2, 0) is 19.1 Å². The lowest BCUT2D eigenvalue weighted by molar-refractivity contribution is -0.157. The molecule has 1 spiro atoms. The minimum Gasteiger partial charge on any atom is -0.446 e. The molecule has 2 aliphatic rings. The van der Waals surface area contributed by atoms with E-state index in [9.17, 15) is 19.2 Å². The molecular weight excluding hydrogens is 458 g/mol. The van der Waals surface area contributed by atoms with Gasteiger partial charge in [-0.1, -0.05) is 68.8 Å². The van der Waals surface area contributed by atoms with Crippen molar-refractivity contribution in [2.75, 3.05) is 11.9 Å². The number of hydrogen-bond acceptors (Lipinski definition) is 5. The van der Waals surface area contributed by atoms with Gasteiger partial charge in [0, 0.05) is 11.3 Å². The summed E-state index contributed by atoms with van der Waals surface area (Å²) in [6.45, 7) is 7.60. The Bertz CT molecular complexity index is 1160. The van der Waals surface area contributed by atoms with Crippen molar-refractivity contribution in [2.24, 2.45) is 11.3 Å². The molecule has 3 atom stereocenters. The van der Waals surface area contributed by atoms with Crippen LogP contribution in [0.4, 0.5) is 10.5 Å². The molecule has 4 amide bonds. The minimum atomic E-state index is -1.25. The van der Waals surface area contributed by atoms with E-state index in [4.69, 9.17) is 4.74 Å². The summed E-state index contributed by atoms with van der Waals surface area (Å²) in [4.78, 5) is 53.1. The fourth-order valence-corrected chi connectivity index (χ4v) is 5.69. The molecular formula is C28H33N3O5. The standard InChI is InChI=1S/C28H33N3O5/c1-18-10-12-21(13-11-18)29-24(33)23(20-8-6-5-7-9-20)36-22(32)16-31-25(34)28(30-26(31)35)15-19(2)14-27(3,4)17-28/h5-13,19,23H,14-17H2,1-4H3,(H,29,33)(H,30,35). The number of carbonyl (C=O) groups is 4. The molecule has 0 bridgehead atoms. The van der Waals surface area contributed by atoms with Gasteiger partial charge in [-0.25, -0.2) is 4.79 Å². The molecule has 0 radical (unpaired) electrons. The van der Waals surface area contributed by atoms with Crippen LogP contribution in [0.1, 0.15) is 57.3 Å². The Morgan fingerprint density at radius 2 is 1.75 bits per heavy atom. The Kier molecular flexibility index (Phi) is 6.89. The normalized spacial score (nSPS) is 23.8. The van der Waals surface area contributed by atoms with Gasteiger partial charge in [-0.2, -0.15) is 0 Å². The van der Waals surface area contributed by atoms with Gasteiger partial charge in [0.15, 0.2) is 0 Å². The van der Waals surface area contributed by atoms with Crippen molar-refractivity contribution >= 4 is 29.5 Å². The maximum absolute atomic E-state index is 13.4. The monoisotopic (exact) mass is 491 g/mol. The third kappa shape index (κ3) is 5.42. The summed E-state index contributed by atoms with van der Waals surface area (Å²) in [5.74, 6) is -1.54. The number of imide groups is 1. The van der Waals surface area contributed by atoms with Crippen LogP contribution in [0.15, 0.2) is 54.6 Å². The SMILES string of the molecule is Cc1ccc(NC(=O)C(OC(=O)CN2C(=O)NC3(CC(C)CC(C)(C)C3)C2=O)c2ccccc2)cc1. The summed E-state index contributed by atoms with van der Waals surface area (Å²) in [6.07, 6.45) is 0.738. The lowest BCUT2D eigenvalue weighted by Gasteiger charge is -2.43. The van der Waals surface area contributed by atoms with Crippen molar-refractivity contribution in [3.8, 4) is 0 Å². The predicted octanol–water partition coefficient (Wildman–Crippen LogP) is 4.35. The summed E-state index contributed by atoms with van der Waals surface area (Å²) in [6, 6.07) is 15.3. The molecule has 2 fully saturated rings. The molecule has 36 heavy (non-hydrogen) atoms. The molecule has 8 nitrogen and oxygen atoms in total. The van der Waals surface area contributed by atoms with E-state index in [1.54, 1.807) is 42.5 Å². The zero-order chi connectivity index (χ0) is 26.1. The number of carbonyl (C=O) groups excluding carboxylic acids is 4. The van der Waals surface area contributed by atoms with E-state index in [1.807, 2.05) is 19.1 Å². The highest BCUT2D eigenvalue weighted by Crippen LogP contribution is 2.46. The van der Waals surface area contributed by atoms with Crippen LogP contribution < -0.4 is 10.6 Å². The lowest BCUT2D eigenvalue weighted by atomic mass is 9.64.